The second-order valence-electron chi connectivity index (χ2n) is 4.78. The van der Waals surface area contributed by atoms with Gasteiger partial charge in [0.25, 0.3) is 0 Å². The molecule has 1 heterocycles. The number of methoxy groups -OCH3 is 1. The van der Waals surface area contributed by atoms with Crippen molar-refractivity contribution < 1.29 is 19.2 Å². The third-order valence-electron chi connectivity index (χ3n) is 3.57. The summed E-state index contributed by atoms with van der Waals surface area (Å²) in [5, 5.41) is 19.8. The van der Waals surface area contributed by atoms with E-state index in [1.807, 2.05) is 4.90 Å². The highest BCUT2D eigenvalue weighted by Crippen LogP contribution is 2.34. The van der Waals surface area contributed by atoms with E-state index in [1.54, 1.807) is 0 Å². The quantitative estimate of drug-likeness (QED) is 0.641. The van der Waals surface area contributed by atoms with Gasteiger partial charge in [0.1, 0.15) is 0 Å². The number of halogens is 1. The zero-order chi connectivity index (χ0) is 15.4. The third-order valence-corrected chi connectivity index (χ3v) is 3.57. The van der Waals surface area contributed by atoms with Crippen LogP contribution in [0.1, 0.15) is 0 Å². The Bertz CT molecular complexity index is 518. The van der Waals surface area contributed by atoms with Gasteiger partial charge in [-0.3, -0.25) is 15.0 Å². The van der Waals surface area contributed by atoms with Crippen LogP contribution in [0.15, 0.2) is 12.1 Å². The number of ether oxygens (including phenoxy) is 1. The molecule has 1 N–H and O–H groups in total. The lowest BCUT2D eigenvalue weighted by molar-refractivity contribution is -0.385. The van der Waals surface area contributed by atoms with Gasteiger partial charge in [-0.15, -0.1) is 0 Å². The van der Waals surface area contributed by atoms with Gasteiger partial charge in [0, 0.05) is 38.8 Å². The fourth-order valence-corrected chi connectivity index (χ4v) is 2.43. The Balaban J connectivity index is 2.19. The van der Waals surface area contributed by atoms with Crippen LogP contribution >= 0.6 is 0 Å². The van der Waals surface area contributed by atoms with E-state index in [4.69, 9.17) is 9.84 Å². The number of nitrogens with zero attached hydrogens (tertiary/aromatic N) is 3. The Kier molecular flexibility index (Phi) is 4.92. The van der Waals surface area contributed by atoms with Crippen molar-refractivity contribution in [1.29, 1.82) is 0 Å². The summed E-state index contributed by atoms with van der Waals surface area (Å²) >= 11 is 0. The van der Waals surface area contributed by atoms with E-state index in [-0.39, 0.29) is 18.0 Å². The van der Waals surface area contributed by atoms with Gasteiger partial charge in [0.15, 0.2) is 11.6 Å². The normalized spacial score (nSPS) is 16.0. The molecule has 1 aromatic carbocycles. The third kappa shape index (κ3) is 3.40. The van der Waals surface area contributed by atoms with Gasteiger partial charge in [-0.05, 0) is 0 Å². The number of benzene rings is 1. The molecule has 0 spiro atoms. The molecule has 0 aliphatic carbocycles. The standard InChI is InChI=1S/C13H18FN3O4/c1-21-13-9-11(10(14)8-12(13)17(19)20)16-4-2-15(3-5-16)6-7-18/h8-9,18H,2-7H2,1H3. The fourth-order valence-electron chi connectivity index (χ4n) is 2.43. The van der Waals surface area contributed by atoms with Gasteiger partial charge in [0.2, 0.25) is 0 Å². The Hall–Kier alpha value is -1.93. The van der Waals surface area contributed by atoms with Crippen molar-refractivity contribution in [2.24, 2.45) is 0 Å². The molecule has 0 amide bonds. The Morgan fingerprint density at radius 3 is 2.57 bits per heavy atom. The Morgan fingerprint density at radius 1 is 1.38 bits per heavy atom. The van der Waals surface area contributed by atoms with Crippen molar-refractivity contribution in [3.8, 4) is 5.75 Å². The molecule has 0 unspecified atom stereocenters. The largest absolute Gasteiger partial charge is 0.490 e. The molecule has 1 aliphatic heterocycles. The molecule has 1 fully saturated rings. The predicted octanol–water partition coefficient (Wildman–Crippen LogP) is 0.857. The summed E-state index contributed by atoms with van der Waals surface area (Å²) in [5.41, 5.74) is -0.0706. The maximum atomic E-state index is 14.1. The number of hydrogen-bond acceptors (Lipinski definition) is 6. The number of hydrogen-bond donors (Lipinski definition) is 1. The minimum absolute atomic E-state index is 0.0502. The second kappa shape index (κ2) is 6.68. The molecular formula is C13H18FN3O4. The number of β-amino-alcohol motifs (C(OH)–C–C–N with tert-alkyl or cyclic N) is 1. The van der Waals surface area contributed by atoms with Crippen LogP contribution in [0.5, 0.6) is 5.75 Å². The van der Waals surface area contributed by atoms with E-state index in [9.17, 15) is 14.5 Å². The lowest BCUT2D eigenvalue weighted by Crippen LogP contribution is -2.47. The molecule has 0 aromatic heterocycles. The van der Waals surface area contributed by atoms with E-state index < -0.39 is 10.7 Å². The molecule has 8 heteroatoms. The van der Waals surface area contributed by atoms with Crippen molar-refractivity contribution in [1.82, 2.24) is 4.90 Å². The van der Waals surface area contributed by atoms with E-state index >= 15 is 0 Å². The first-order valence-electron chi connectivity index (χ1n) is 6.67. The molecule has 7 nitrogen and oxygen atoms in total. The number of aliphatic hydroxyl groups is 1. The maximum Gasteiger partial charge on any atom is 0.313 e. The number of nitro groups is 1. The maximum absolute atomic E-state index is 14.1. The second-order valence-corrected chi connectivity index (χ2v) is 4.78. The molecular weight excluding hydrogens is 281 g/mol. The highest BCUT2D eigenvalue weighted by atomic mass is 19.1. The monoisotopic (exact) mass is 299 g/mol. The van der Waals surface area contributed by atoms with Crippen LogP contribution in [-0.2, 0) is 0 Å². The van der Waals surface area contributed by atoms with Gasteiger partial charge in [-0.25, -0.2) is 4.39 Å². The molecule has 0 atom stereocenters. The molecule has 0 radical (unpaired) electrons. The lowest BCUT2D eigenvalue weighted by Gasteiger charge is -2.35. The topological polar surface area (TPSA) is 79.1 Å². The number of nitro benzene ring substituents is 1. The average molecular weight is 299 g/mol. The smallest absolute Gasteiger partial charge is 0.313 e. The highest BCUT2D eigenvalue weighted by Gasteiger charge is 2.24. The lowest BCUT2D eigenvalue weighted by atomic mass is 10.2. The van der Waals surface area contributed by atoms with Gasteiger partial charge < -0.3 is 14.7 Å². The number of piperazine rings is 1. The first kappa shape index (κ1) is 15.5. The molecule has 116 valence electrons. The average Bonchev–Trinajstić information content (AvgIpc) is 2.48. The van der Waals surface area contributed by atoms with Crippen LogP contribution in [-0.4, -0.2) is 61.4 Å². The van der Waals surface area contributed by atoms with Crippen LogP contribution < -0.4 is 9.64 Å². The SMILES string of the molecule is COc1cc(N2CCN(CCO)CC2)c(F)cc1[N+](=O)[O-]. The minimum atomic E-state index is -0.662. The highest BCUT2D eigenvalue weighted by molar-refractivity contribution is 5.60. The molecule has 1 aromatic rings. The summed E-state index contributed by atoms with van der Waals surface area (Å²) in [4.78, 5) is 14.1. The van der Waals surface area contributed by atoms with Gasteiger partial charge in [-0.2, -0.15) is 0 Å². The first-order chi connectivity index (χ1) is 10.1. The van der Waals surface area contributed by atoms with E-state index in [0.717, 1.165) is 6.07 Å². The van der Waals surface area contributed by atoms with Crippen LogP contribution in [0.3, 0.4) is 0 Å². The summed E-state index contributed by atoms with van der Waals surface area (Å²) in [6.07, 6.45) is 0. The Morgan fingerprint density at radius 2 is 2.05 bits per heavy atom. The Labute approximate surface area is 121 Å². The van der Waals surface area contributed by atoms with Gasteiger partial charge >= 0.3 is 5.69 Å². The van der Waals surface area contributed by atoms with E-state index in [0.29, 0.717) is 38.4 Å². The number of anilines is 1. The van der Waals surface area contributed by atoms with E-state index in [2.05, 4.69) is 4.90 Å². The van der Waals surface area contributed by atoms with Crippen LogP contribution in [0.25, 0.3) is 0 Å². The summed E-state index contributed by atoms with van der Waals surface area (Å²) in [7, 11) is 1.32. The van der Waals surface area contributed by atoms with Gasteiger partial charge in [0.05, 0.1) is 30.4 Å². The van der Waals surface area contributed by atoms with Crippen molar-refractivity contribution in [2.75, 3.05) is 51.3 Å². The fraction of sp³-hybridized carbons (Fsp3) is 0.538. The number of rotatable bonds is 5. The zero-order valence-electron chi connectivity index (χ0n) is 11.8. The van der Waals surface area contributed by atoms with Crippen molar-refractivity contribution in [3.63, 3.8) is 0 Å². The van der Waals surface area contributed by atoms with Crippen LogP contribution in [0.2, 0.25) is 0 Å². The molecule has 2 rings (SSSR count). The van der Waals surface area contributed by atoms with Crippen LogP contribution in [0.4, 0.5) is 15.8 Å². The zero-order valence-corrected chi connectivity index (χ0v) is 11.8. The molecule has 1 aliphatic rings. The van der Waals surface area contributed by atoms with Crippen LogP contribution in [0, 0.1) is 15.9 Å². The molecule has 0 saturated carbocycles. The minimum Gasteiger partial charge on any atom is -0.490 e. The molecule has 21 heavy (non-hydrogen) atoms. The van der Waals surface area contributed by atoms with Gasteiger partial charge in [-0.1, -0.05) is 0 Å². The molecule has 1 saturated heterocycles. The van der Waals surface area contributed by atoms with Crippen molar-refractivity contribution >= 4 is 11.4 Å². The summed E-state index contributed by atoms with van der Waals surface area (Å²) < 4.78 is 19.1. The van der Waals surface area contributed by atoms with Crippen molar-refractivity contribution in [3.05, 3.63) is 28.1 Å². The van der Waals surface area contributed by atoms with Crippen molar-refractivity contribution in [2.45, 2.75) is 0 Å². The molecule has 0 bridgehead atoms. The summed E-state index contributed by atoms with van der Waals surface area (Å²) in [5.74, 6) is -0.577. The first-order valence-corrected chi connectivity index (χ1v) is 6.67. The van der Waals surface area contributed by atoms with E-state index in [1.165, 1.54) is 13.2 Å². The summed E-state index contributed by atoms with van der Waals surface area (Å²) in [6, 6.07) is 2.27. The number of aliphatic hydroxyl groups excluding tert-OH is 1. The predicted molar refractivity (Wildman–Crippen MR) is 75.3 cm³/mol. The summed E-state index contributed by atoms with van der Waals surface area (Å²) in [6.45, 7) is 3.30.